The Morgan fingerprint density at radius 2 is 1.95 bits per heavy atom. The fourth-order valence-electron chi connectivity index (χ4n) is 1.74. The molecule has 1 heterocycles. The number of hydrogen-bond acceptors (Lipinski definition) is 3. The Labute approximate surface area is 117 Å². The summed E-state index contributed by atoms with van der Waals surface area (Å²) >= 11 is 0. The van der Waals surface area contributed by atoms with Crippen LogP contribution in [0, 0.1) is 5.82 Å². The molecule has 0 radical (unpaired) electrons. The van der Waals surface area contributed by atoms with E-state index in [-0.39, 0.29) is 12.1 Å². The molecule has 0 atom stereocenters. The third kappa shape index (κ3) is 3.56. The molecule has 1 aromatic carbocycles. The molecular formula is C14H10F4N2O. The molecule has 0 unspecified atom stereocenters. The molecule has 1 N–H and O–H groups in total. The third-order valence-corrected chi connectivity index (χ3v) is 2.71. The number of anilines is 2. The molecule has 2 rings (SSSR count). The minimum Gasteiger partial charge on any atom is -0.351 e. The van der Waals surface area contributed by atoms with E-state index >= 15 is 0 Å². The molecule has 21 heavy (non-hydrogen) atoms. The molecule has 1 aromatic heterocycles. The molecule has 0 spiro atoms. The minimum atomic E-state index is -4.67. The van der Waals surface area contributed by atoms with E-state index in [0.29, 0.717) is 12.0 Å². The highest BCUT2D eigenvalue weighted by Crippen LogP contribution is 2.37. The van der Waals surface area contributed by atoms with E-state index in [1.54, 1.807) is 0 Å². The Hall–Kier alpha value is -2.44. The van der Waals surface area contributed by atoms with E-state index in [1.165, 1.54) is 18.3 Å². The first-order valence-corrected chi connectivity index (χ1v) is 5.93. The maximum absolute atomic E-state index is 13.6. The van der Waals surface area contributed by atoms with Crippen LogP contribution < -0.4 is 5.32 Å². The number of nitrogens with zero attached hydrogens (tertiary/aromatic N) is 1. The molecule has 3 nitrogen and oxygen atoms in total. The number of benzene rings is 1. The summed E-state index contributed by atoms with van der Waals surface area (Å²) in [5, 5.41) is 2.37. The highest BCUT2D eigenvalue weighted by molar-refractivity contribution is 5.64. The highest BCUT2D eigenvalue weighted by atomic mass is 19.4. The van der Waals surface area contributed by atoms with Gasteiger partial charge in [0.25, 0.3) is 0 Å². The number of carbonyl (C=O) groups excluding carboxylic acids is 1. The summed E-state index contributed by atoms with van der Waals surface area (Å²) < 4.78 is 52.1. The lowest BCUT2D eigenvalue weighted by atomic mass is 10.1. The van der Waals surface area contributed by atoms with Gasteiger partial charge in [-0.2, -0.15) is 13.2 Å². The molecule has 0 saturated carbocycles. The first-order chi connectivity index (χ1) is 9.91. The number of para-hydroxylation sites is 1. The lowest BCUT2D eigenvalue weighted by Gasteiger charge is -2.15. The second-order valence-electron chi connectivity index (χ2n) is 4.19. The number of nitrogens with one attached hydrogen (secondary N) is 1. The van der Waals surface area contributed by atoms with Crippen molar-refractivity contribution in [1.29, 1.82) is 0 Å². The van der Waals surface area contributed by atoms with Gasteiger partial charge in [-0.15, -0.1) is 0 Å². The quantitative estimate of drug-likeness (QED) is 0.691. The fourth-order valence-corrected chi connectivity index (χ4v) is 1.74. The van der Waals surface area contributed by atoms with E-state index in [9.17, 15) is 22.4 Å². The van der Waals surface area contributed by atoms with Crippen molar-refractivity contribution in [1.82, 2.24) is 4.98 Å². The number of pyridine rings is 1. The first kappa shape index (κ1) is 15.0. The van der Waals surface area contributed by atoms with Gasteiger partial charge in [0.2, 0.25) is 0 Å². The molecule has 0 saturated heterocycles. The minimum absolute atomic E-state index is 0.105. The maximum atomic E-state index is 13.6. The second-order valence-corrected chi connectivity index (χ2v) is 4.19. The molecule has 2 aromatic rings. The molecular weight excluding hydrogens is 288 g/mol. The number of hydrogen-bond donors (Lipinski definition) is 1. The van der Waals surface area contributed by atoms with Gasteiger partial charge in [-0.1, -0.05) is 6.07 Å². The summed E-state index contributed by atoms with van der Waals surface area (Å²) in [6.07, 6.45) is -2.66. The molecule has 0 aliphatic carbocycles. The van der Waals surface area contributed by atoms with Crippen molar-refractivity contribution < 1.29 is 22.4 Å². The zero-order chi connectivity index (χ0) is 15.5. The Kier molecular flexibility index (Phi) is 4.21. The summed E-state index contributed by atoms with van der Waals surface area (Å²) in [6, 6.07) is 5.63. The number of halogens is 4. The van der Waals surface area contributed by atoms with Crippen LogP contribution in [0.5, 0.6) is 0 Å². The van der Waals surface area contributed by atoms with E-state index < -0.39 is 23.2 Å². The molecule has 0 amide bonds. The summed E-state index contributed by atoms with van der Waals surface area (Å²) in [5.41, 5.74) is -1.09. The van der Waals surface area contributed by atoms with Crippen molar-refractivity contribution in [3.63, 3.8) is 0 Å². The summed E-state index contributed by atoms with van der Waals surface area (Å²) in [7, 11) is 0. The van der Waals surface area contributed by atoms with Crippen LogP contribution in [0.1, 0.15) is 11.3 Å². The van der Waals surface area contributed by atoms with Crippen molar-refractivity contribution in [3.05, 3.63) is 53.6 Å². The average molecular weight is 298 g/mol. The lowest BCUT2D eigenvalue weighted by molar-refractivity contribution is -0.137. The van der Waals surface area contributed by atoms with Crippen molar-refractivity contribution in [2.24, 2.45) is 0 Å². The van der Waals surface area contributed by atoms with Gasteiger partial charge in [0.05, 0.1) is 23.1 Å². The van der Waals surface area contributed by atoms with Gasteiger partial charge in [0, 0.05) is 12.1 Å². The second kappa shape index (κ2) is 5.90. The van der Waals surface area contributed by atoms with Crippen LogP contribution in [0.3, 0.4) is 0 Å². The van der Waals surface area contributed by atoms with Crippen LogP contribution >= 0.6 is 0 Å². The predicted molar refractivity (Wildman–Crippen MR) is 68.7 cm³/mol. The van der Waals surface area contributed by atoms with Gasteiger partial charge in [-0.3, -0.25) is 4.98 Å². The van der Waals surface area contributed by atoms with E-state index in [1.807, 2.05) is 0 Å². The molecule has 7 heteroatoms. The van der Waals surface area contributed by atoms with Gasteiger partial charge in [-0.25, -0.2) is 4.39 Å². The van der Waals surface area contributed by atoms with Gasteiger partial charge < -0.3 is 10.1 Å². The van der Waals surface area contributed by atoms with Crippen molar-refractivity contribution >= 4 is 17.7 Å². The molecule has 0 fully saturated rings. The van der Waals surface area contributed by atoms with Crippen molar-refractivity contribution in [2.45, 2.75) is 12.6 Å². The van der Waals surface area contributed by atoms with Crippen LogP contribution in [0.15, 0.2) is 36.5 Å². The van der Waals surface area contributed by atoms with E-state index in [4.69, 9.17) is 0 Å². The monoisotopic (exact) mass is 298 g/mol. The van der Waals surface area contributed by atoms with Gasteiger partial charge in [-0.05, 0) is 24.3 Å². The van der Waals surface area contributed by atoms with Crippen LogP contribution in [0.25, 0.3) is 0 Å². The van der Waals surface area contributed by atoms with Gasteiger partial charge in [0.1, 0.15) is 12.1 Å². The number of alkyl halides is 3. The lowest BCUT2D eigenvalue weighted by Crippen LogP contribution is -2.10. The smallest absolute Gasteiger partial charge is 0.351 e. The summed E-state index contributed by atoms with van der Waals surface area (Å²) in [4.78, 5) is 14.2. The number of aldehydes is 1. The Morgan fingerprint density at radius 1 is 1.19 bits per heavy atom. The Bertz CT molecular complexity index is 638. The largest absolute Gasteiger partial charge is 0.418 e. The van der Waals surface area contributed by atoms with Crippen LogP contribution in [0.4, 0.5) is 28.9 Å². The maximum Gasteiger partial charge on any atom is 0.418 e. The van der Waals surface area contributed by atoms with Crippen molar-refractivity contribution in [2.75, 3.05) is 5.32 Å². The molecule has 110 valence electrons. The van der Waals surface area contributed by atoms with E-state index in [0.717, 1.165) is 18.2 Å². The summed E-state index contributed by atoms with van der Waals surface area (Å²) in [5.74, 6) is -1.01. The molecule has 0 aliphatic heterocycles. The SMILES string of the molecule is O=CCc1ccc(Nc2c(F)cccc2C(F)(F)F)cn1. The Balaban J connectivity index is 2.33. The summed E-state index contributed by atoms with van der Waals surface area (Å²) in [6.45, 7) is 0. The highest BCUT2D eigenvalue weighted by Gasteiger charge is 2.34. The van der Waals surface area contributed by atoms with Gasteiger partial charge >= 0.3 is 6.18 Å². The zero-order valence-electron chi connectivity index (χ0n) is 10.6. The fraction of sp³-hybridized carbons (Fsp3) is 0.143. The number of aromatic nitrogens is 1. The average Bonchev–Trinajstić information content (AvgIpc) is 2.42. The van der Waals surface area contributed by atoms with Crippen LogP contribution in [-0.2, 0) is 17.4 Å². The molecule has 0 bridgehead atoms. The number of rotatable bonds is 4. The normalized spacial score (nSPS) is 11.2. The van der Waals surface area contributed by atoms with Crippen LogP contribution in [-0.4, -0.2) is 11.3 Å². The molecule has 0 aliphatic rings. The van der Waals surface area contributed by atoms with Crippen LogP contribution in [0.2, 0.25) is 0 Å². The Morgan fingerprint density at radius 3 is 2.52 bits per heavy atom. The van der Waals surface area contributed by atoms with Crippen molar-refractivity contribution in [3.8, 4) is 0 Å². The zero-order valence-corrected chi connectivity index (χ0v) is 10.6. The number of carbonyl (C=O) groups is 1. The standard InChI is InChI=1S/C14H10F4N2O/c15-12-3-1-2-11(14(16,17)18)13(12)20-10-5-4-9(6-7-21)19-8-10/h1-5,7-8,20H,6H2. The first-order valence-electron chi connectivity index (χ1n) is 5.93. The third-order valence-electron chi connectivity index (χ3n) is 2.71. The topological polar surface area (TPSA) is 42.0 Å². The van der Waals surface area contributed by atoms with E-state index in [2.05, 4.69) is 10.3 Å². The predicted octanol–water partition coefficient (Wildman–Crippen LogP) is 3.72. The van der Waals surface area contributed by atoms with Gasteiger partial charge in [0.15, 0.2) is 0 Å².